The molecule has 0 N–H and O–H groups in total. The first-order valence-electron chi connectivity index (χ1n) is 6.26. The normalized spacial score (nSPS) is 20.3. The lowest BCUT2D eigenvalue weighted by Crippen LogP contribution is -2.22. The molecule has 0 saturated carbocycles. The van der Waals surface area contributed by atoms with Gasteiger partial charge in [0, 0.05) is 36.1 Å². The summed E-state index contributed by atoms with van der Waals surface area (Å²) in [6, 6.07) is 2.10. The molecule has 0 amide bonds. The van der Waals surface area contributed by atoms with E-state index in [-0.39, 0.29) is 0 Å². The summed E-state index contributed by atoms with van der Waals surface area (Å²) >= 11 is 3.57. The molecule has 0 spiro atoms. The predicted octanol–water partition coefficient (Wildman–Crippen LogP) is 3.13. The molecule has 1 aliphatic heterocycles. The second-order valence-corrected chi connectivity index (χ2v) is 5.78. The summed E-state index contributed by atoms with van der Waals surface area (Å²) in [5, 5.41) is 1.09. The number of hydrogen-bond acceptors (Lipinski definition) is 3. The Morgan fingerprint density at radius 1 is 1.47 bits per heavy atom. The largest absolute Gasteiger partial charge is 0.356 e. The third-order valence-corrected chi connectivity index (χ3v) is 4.12. The maximum absolute atomic E-state index is 4.68. The van der Waals surface area contributed by atoms with Crippen molar-refractivity contribution in [2.75, 3.05) is 23.3 Å². The average Bonchev–Trinajstić information content (AvgIpc) is 2.76. The molecule has 94 valence electrons. The van der Waals surface area contributed by atoms with Crippen molar-refractivity contribution >= 4 is 21.7 Å². The quantitative estimate of drug-likeness (QED) is 0.803. The van der Waals surface area contributed by atoms with Gasteiger partial charge < -0.3 is 4.90 Å². The minimum atomic E-state index is 0.392. The van der Waals surface area contributed by atoms with Gasteiger partial charge in [0.25, 0.3) is 0 Å². The van der Waals surface area contributed by atoms with E-state index >= 15 is 0 Å². The maximum atomic E-state index is 4.68. The van der Waals surface area contributed by atoms with Crippen LogP contribution in [0.25, 0.3) is 0 Å². The number of nitrogens with zero attached hydrogens (tertiary/aromatic N) is 3. The van der Waals surface area contributed by atoms with Gasteiger partial charge in [0.1, 0.15) is 11.6 Å². The van der Waals surface area contributed by atoms with Crippen LogP contribution in [0.3, 0.4) is 0 Å². The third-order valence-electron chi connectivity index (χ3n) is 3.20. The zero-order valence-corrected chi connectivity index (χ0v) is 12.4. The van der Waals surface area contributed by atoms with Crippen LogP contribution in [-0.4, -0.2) is 28.4 Å². The lowest BCUT2D eigenvalue weighted by molar-refractivity contribution is 0.674. The van der Waals surface area contributed by atoms with E-state index < -0.39 is 0 Å². The van der Waals surface area contributed by atoms with Crippen molar-refractivity contribution in [3.63, 3.8) is 0 Å². The second-order valence-electron chi connectivity index (χ2n) is 5.14. The van der Waals surface area contributed by atoms with Gasteiger partial charge in [-0.2, -0.15) is 0 Å². The molecule has 4 heteroatoms. The first-order chi connectivity index (χ1) is 8.10. The SMILES string of the molecule is Cc1cc(N2CCC(CBr)C2)nc(C(C)C)n1. The van der Waals surface area contributed by atoms with Crippen LogP contribution >= 0.6 is 15.9 Å². The highest BCUT2D eigenvalue weighted by atomic mass is 79.9. The highest BCUT2D eigenvalue weighted by molar-refractivity contribution is 9.09. The number of aryl methyl sites for hydroxylation is 1. The number of rotatable bonds is 3. The number of halogens is 1. The van der Waals surface area contributed by atoms with Crippen LogP contribution in [0.1, 0.15) is 37.7 Å². The van der Waals surface area contributed by atoms with Gasteiger partial charge in [-0.25, -0.2) is 9.97 Å². The molecule has 1 fully saturated rings. The molecule has 0 bridgehead atoms. The van der Waals surface area contributed by atoms with Gasteiger partial charge in [-0.05, 0) is 19.3 Å². The number of hydrogen-bond donors (Lipinski definition) is 0. The van der Waals surface area contributed by atoms with Gasteiger partial charge in [0.05, 0.1) is 0 Å². The minimum Gasteiger partial charge on any atom is -0.356 e. The van der Waals surface area contributed by atoms with E-state index in [9.17, 15) is 0 Å². The van der Waals surface area contributed by atoms with E-state index in [0.29, 0.717) is 5.92 Å². The molecule has 2 rings (SSSR count). The first kappa shape index (κ1) is 12.8. The highest BCUT2D eigenvalue weighted by Gasteiger charge is 2.23. The van der Waals surface area contributed by atoms with E-state index in [0.717, 1.165) is 41.7 Å². The fourth-order valence-electron chi connectivity index (χ4n) is 2.16. The molecule has 1 saturated heterocycles. The van der Waals surface area contributed by atoms with E-state index in [1.54, 1.807) is 0 Å². The van der Waals surface area contributed by atoms with Crippen LogP contribution in [0.15, 0.2) is 6.07 Å². The van der Waals surface area contributed by atoms with Crippen molar-refractivity contribution < 1.29 is 0 Å². The fourth-order valence-corrected chi connectivity index (χ4v) is 2.69. The van der Waals surface area contributed by atoms with Gasteiger partial charge in [-0.1, -0.05) is 29.8 Å². The van der Waals surface area contributed by atoms with Gasteiger partial charge in [-0.3, -0.25) is 0 Å². The van der Waals surface area contributed by atoms with Gasteiger partial charge in [0.15, 0.2) is 0 Å². The summed E-state index contributed by atoms with van der Waals surface area (Å²) in [7, 11) is 0. The number of alkyl halides is 1. The summed E-state index contributed by atoms with van der Waals surface area (Å²) in [5.74, 6) is 3.21. The van der Waals surface area contributed by atoms with Crippen LogP contribution < -0.4 is 4.90 Å². The Balaban J connectivity index is 2.21. The topological polar surface area (TPSA) is 29.0 Å². The number of anilines is 1. The van der Waals surface area contributed by atoms with Gasteiger partial charge >= 0.3 is 0 Å². The lowest BCUT2D eigenvalue weighted by atomic mass is 10.2. The maximum Gasteiger partial charge on any atom is 0.133 e. The Labute approximate surface area is 112 Å². The zero-order chi connectivity index (χ0) is 12.4. The molecule has 1 aliphatic rings. The molecular weight excluding hydrogens is 278 g/mol. The summed E-state index contributed by atoms with van der Waals surface area (Å²) in [4.78, 5) is 11.6. The summed E-state index contributed by atoms with van der Waals surface area (Å²) in [6.07, 6.45) is 1.26. The van der Waals surface area contributed by atoms with Crippen molar-refractivity contribution in [2.45, 2.75) is 33.1 Å². The molecule has 3 nitrogen and oxygen atoms in total. The molecule has 17 heavy (non-hydrogen) atoms. The van der Waals surface area contributed by atoms with Crippen molar-refractivity contribution in [3.8, 4) is 0 Å². The average molecular weight is 298 g/mol. The van der Waals surface area contributed by atoms with Crippen LogP contribution in [0.5, 0.6) is 0 Å². The van der Waals surface area contributed by atoms with Crippen molar-refractivity contribution in [1.82, 2.24) is 9.97 Å². The Hall–Kier alpha value is -0.640. The number of aromatic nitrogens is 2. The smallest absolute Gasteiger partial charge is 0.133 e. The fraction of sp³-hybridized carbons (Fsp3) is 0.692. The lowest BCUT2D eigenvalue weighted by Gasteiger charge is -2.19. The zero-order valence-electron chi connectivity index (χ0n) is 10.8. The first-order valence-corrected chi connectivity index (χ1v) is 7.38. The Kier molecular flexibility index (Phi) is 4.02. The highest BCUT2D eigenvalue weighted by Crippen LogP contribution is 2.24. The molecule has 1 aromatic heterocycles. The standard InChI is InChI=1S/C13H20BrN3/c1-9(2)13-15-10(3)6-12(16-13)17-5-4-11(7-14)8-17/h6,9,11H,4-5,7-8H2,1-3H3. The van der Waals surface area contributed by atoms with Gasteiger partial charge in [0.2, 0.25) is 0 Å². The van der Waals surface area contributed by atoms with Crippen molar-refractivity contribution in [1.29, 1.82) is 0 Å². The Bertz CT molecular complexity index is 392. The summed E-state index contributed by atoms with van der Waals surface area (Å²) in [5.41, 5.74) is 1.07. The summed E-state index contributed by atoms with van der Waals surface area (Å²) < 4.78 is 0. The summed E-state index contributed by atoms with van der Waals surface area (Å²) in [6.45, 7) is 8.56. The van der Waals surface area contributed by atoms with Crippen LogP contribution in [0.2, 0.25) is 0 Å². The van der Waals surface area contributed by atoms with Crippen LogP contribution in [0, 0.1) is 12.8 Å². The van der Waals surface area contributed by atoms with Crippen LogP contribution in [-0.2, 0) is 0 Å². The molecule has 1 aromatic rings. The molecule has 2 heterocycles. The van der Waals surface area contributed by atoms with E-state index in [2.05, 4.69) is 57.6 Å². The third kappa shape index (κ3) is 2.97. The van der Waals surface area contributed by atoms with Crippen molar-refractivity contribution in [3.05, 3.63) is 17.6 Å². The predicted molar refractivity (Wildman–Crippen MR) is 75.0 cm³/mol. The van der Waals surface area contributed by atoms with Gasteiger partial charge in [-0.15, -0.1) is 0 Å². The van der Waals surface area contributed by atoms with E-state index in [1.807, 2.05) is 0 Å². The molecule has 1 atom stereocenters. The molecule has 0 aliphatic carbocycles. The molecule has 0 radical (unpaired) electrons. The van der Waals surface area contributed by atoms with E-state index in [4.69, 9.17) is 0 Å². The Morgan fingerprint density at radius 2 is 2.24 bits per heavy atom. The monoisotopic (exact) mass is 297 g/mol. The molecule has 1 unspecified atom stereocenters. The van der Waals surface area contributed by atoms with Crippen LogP contribution in [0.4, 0.5) is 5.82 Å². The minimum absolute atomic E-state index is 0.392. The Morgan fingerprint density at radius 3 is 2.82 bits per heavy atom. The second kappa shape index (κ2) is 5.34. The molecule has 0 aromatic carbocycles. The molecular formula is C13H20BrN3. The van der Waals surface area contributed by atoms with E-state index in [1.165, 1.54) is 6.42 Å². The van der Waals surface area contributed by atoms with Crippen molar-refractivity contribution in [2.24, 2.45) is 5.92 Å².